The molecule has 0 radical (unpaired) electrons. The highest BCUT2D eigenvalue weighted by Crippen LogP contribution is 2.42. The fraction of sp³-hybridized carbons (Fsp3) is 0. The number of nitrogens with zero attached hydrogens (tertiary/aromatic N) is 6. The summed E-state index contributed by atoms with van der Waals surface area (Å²) < 4.78 is 4.51. The van der Waals surface area contributed by atoms with Crippen LogP contribution in [0.3, 0.4) is 0 Å². The lowest BCUT2D eigenvalue weighted by atomic mass is 9.93. The molecule has 0 aliphatic rings. The second-order valence-corrected chi connectivity index (χ2v) is 17.8. The largest absolute Gasteiger partial charge is 0.292 e. The first-order valence-electron chi connectivity index (χ1n) is 23.6. The smallest absolute Gasteiger partial charge is 0.160 e. The van der Waals surface area contributed by atoms with E-state index in [-0.39, 0.29) is 0 Å². The van der Waals surface area contributed by atoms with Gasteiger partial charge in [0.25, 0.3) is 0 Å². The average molecular weight is 893 g/mol. The van der Waals surface area contributed by atoms with E-state index in [9.17, 15) is 0 Å². The average Bonchev–Trinajstić information content (AvgIpc) is 4.03. The molecule has 0 aliphatic heterocycles. The lowest BCUT2D eigenvalue weighted by Gasteiger charge is -2.16. The van der Waals surface area contributed by atoms with Crippen LogP contribution in [-0.2, 0) is 0 Å². The van der Waals surface area contributed by atoms with Crippen LogP contribution in [-0.4, -0.2) is 29.1 Å². The lowest BCUT2D eigenvalue weighted by molar-refractivity contribution is 1.09. The normalized spacial score (nSPS) is 11.7. The number of hydrogen-bond donors (Lipinski definition) is 0. The van der Waals surface area contributed by atoms with E-state index in [1.807, 2.05) is 12.1 Å². The Morgan fingerprint density at radius 2 is 0.643 bits per heavy atom. The molecular formula is C64H40N6. The zero-order chi connectivity index (χ0) is 46.1. The maximum absolute atomic E-state index is 5.65. The van der Waals surface area contributed by atoms with Gasteiger partial charge in [0.15, 0.2) is 5.82 Å². The number of hydrogen-bond acceptors (Lipinski definition) is 4. The fourth-order valence-corrected chi connectivity index (χ4v) is 10.5. The minimum absolute atomic E-state index is 0.592. The molecule has 0 atom stereocenters. The highest BCUT2D eigenvalue weighted by Gasteiger charge is 2.23. The first-order chi connectivity index (χ1) is 34.7. The van der Waals surface area contributed by atoms with Crippen molar-refractivity contribution in [3.05, 3.63) is 243 Å². The molecule has 0 fully saturated rings. The predicted molar refractivity (Wildman–Crippen MR) is 288 cm³/mol. The van der Waals surface area contributed by atoms with Gasteiger partial charge in [-0.05, 0) is 128 Å². The number of rotatable bonds is 7. The van der Waals surface area contributed by atoms with Gasteiger partial charge in [0.05, 0.1) is 33.5 Å². The van der Waals surface area contributed by atoms with Crippen molar-refractivity contribution in [3.8, 4) is 68.1 Å². The molecule has 0 amide bonds. The number of para-hydroxylation sites is 6. The highest BCUT2D eigenvalue weighted by molar-refractivity contribution is 6.15. The quantitative estimate of drug-likeness (QED) is 0.150. The Morgan fingerprint density at radius 1 is 0.271 bits per heavy atom. The van der Waals surface area contributed by atoms with Crippen molar-refractivity contribution in [2.75, 3.05) is 0 Å². The van der Waals surface area contributed by atoms with Gasteiger partial charge < -0.3 is 0 Å². The Hall–Kier alpha value is -9.52. The van der Waals surface area contributed by atoms with Crippen molar-refractivity contribution in [1.82, 2.24) is 29.1 Å². The van der Waals surface area contributed by atoms with Crippen molar-refractivity contribution >= 4 is 65.2 Å². The SMILES string of the molecule is c1ccc(-n2c(-c3cc(-c4nc(-c5cc6ccccc6c6ccccc56)cc(-c5cc6ccccc6c6ccccc56)n4)cc(-c4nc5ccccc5n4-c4ccccc4)c3)nc3ccccc32)cc1. The summed E-state index contributed by atoms with van der Waals surface area (Å²) in [5.74, 6) is 2.19. The van der Waals surface area contributed by atoms with Gasteiger partial charge in [-0.25, -0.2) is 19.9 Å². The van der Waals surface area contributed by atoms with Gasteiger partial charge in [-0.3, -0.25) is 9.13 Å². The van der Waals surface area contributed by atoms with Crippen molar-refractivity contribution in [2.24, 2.45) is 0 Å². The number of aromatic nitrogens is 6. The van der Waals surface area contributed by atoms with Gasteiger partial charge in [-0.1, -0.05) is 158 Å². The third-order valence-corrected chi connectivity index (χ3v) is 13.7. The summed E-state index contributed by atoms with van der Waals surface area (Å²) in [5, 5.41) is 9.32. The van der Waals surface area contributed by atoms with E-state index in [0.29, 0.717) is 5.82 Å². The van der Waals surface area contributed by atoms with Crippen molar-refractivity contribution < 1.29 is 0 Å². The molecule has 14 rings (SSSR count). The van der Waals surface area contributed by atoms with E-state index in [1.54, 1.807) is 0 Å². The van der Waals surface area contributed by atoms with Crippen LogP contribution in [0, 0.1) is 0 Å². The second-order valence-electron chi connectivity index (χ2n) is 17.8. The highest BCUT2D eigenvalue weighted by atomic mass is 15.1. The summed E-state index contributed by atoms with van der Waals surface area (Å²) in [7, 11) is 0. The Morgan fingerprint density at radius 3 is 1.11 bits per heavy atom. The van der Waals surface area contributed by atoms with Crippen LogP contribution in [0.1, 0.15) is 0 Å². The molecule has 0 saturated carbocycles. The van der Waals surface area contributed by atoms with Gasteiger partial charge in [0.2, 0.25) is 0 Å². The van der Waals surface area contributed by atoms with Crippen LogP contribution >= 0.6 is 0 Å². The summed E-state index contributed by atoms with van der Waals surface area (Å²) >= 11 is 0. The van der Waals surface area contributed by atoms with Crippen molar-refractivity contribution in [2.45, 2.75) is 0 Å². The van der Waals surface area contributed by atoms with Crippen molar-refractivity contribution in [3.63, 3.8) is 0 Å². The van der Waals surface area contributed by atoms with Crippen LogP contribution in [0.4, 0.5) is 0 Å². The molecule has 0 spiro atoms. The third kappa shape index (κ3) is 6.49. The maximum atomic E-state index is 5.65. The van der Waals surface area contributed by atoms with Crippen LogP contribution < -0.4 is 0 Å². The molecule has 0 saturated heterocycles. The molecule has 14 aromatic rings. The van der Waals surface area contributed by atoms with Crippen LogP contribution in [0.5, 0.6) is 0 Å². The Labute approximate surface area is 403 Å². The standard InChI is InChI=1S/C64H40N6/c1-3-21-46(22-4-1)69-60-33-17-15-31-56(60)67-63(69)44-35-43(36-45(37-44)64-68-57-32-16-18-34-61(57)70(64)47-23-5-2-6-24-47)62-65-58(54-38-41-19-7-9-25-48(41)50-27-11-13-29-52(50)54)40-59(66-62)55-39-42-20-8-10-26-49(42)51-28-12-14-30-53(51)55/h1-40H. The molecule has 0 N–H and O–H groups in total. The third-order valence-electron chi connectivity index (χ3n) is 13.7. The van der Waals surface area contributed by atoms with E-state index >= 15 is 0 Å². The molecule has 326 valence electrons. The van der Waals surface area contributed by atoms with Gasteiger partial charge in [-0.2, -0.15) is 0 Å². The molecule has 11 aromatic carbocycles. The summed E-state index contributed by atoms with van der Waals surface area (Å²) in [6.45, 7) is 0. The topological polar surface area (TPSA) is 61.4 Å². The van der Waals surface area contributed by atoms with E-state index in [4.69, 9.17) is 19.9 Å². The van der Waals surface area contributed by atoms with Crippen LogP contribution in [0.2, 0.25) is 0 Å². The van der Waals surface area contributed by atoms with E-state index in [1.165, 1.54) is 21.5 Å². The van der Waals surface area contributed by atoms with E-state index < -0.39 is 0 Å². The zero-order valence-electron chi connectivity index (χ0n) is 37.8. The van der Waals surface area contributed by atoms with E-state index in [0.717, 1.165) is 106 Å². The number of benzene rings is 11. The second kappa shape index (κ2) is 16.1. The minimum atomic E-state index is 0.592. The molecule has 0 aliphatic carbocycles. The summed E-state index contributed by atoms with van der Waals surface area (Å²) in [4.78, 5) is 22.1. The Balaban J connectivity index is 1.10. The first kappa shape index (κ1) is 39.6. The van der Waals surface area contributed by atoms with Gasteiger partial charge in [0, 0.05) is 39.2 Å². The molecule has 6 heteroatoms. The molecular weight excluding hydrogens is 853 g/mol. The monoisotopic (exact) mass is 892 g/mol. The van der Waals surface area contributed by atoms with Crippen molar-refractivity contribution in [1.29, 1.82) is 0 Å². The van der Waals surface area contributed by atoms with Gasteiger partial charge in [0.1, 0.15) is 11.6 Å². The molecule has 70 heavy (non-hydrogen) atoms. The molecule has 0 unspecified atom stereocenters. The maximum Gasteiger partial charge on any atom is 0.160 e. The van der Waals surface area contributed by atoms with E-state index in [2.05, 4.69) is 240 Å². The minimum Gasteiger partial charge on any atom is -0.292 e. The zero-order valence-corrected chi connectivity index (χ0v) is 37.8. The Bertz CT molecular complexity index is 4090. The first-order valence-corrected chi connectivity index (χ1v) is 23.6. The predicted octanol–water partition coefficient (Wildman–Crippen LogP) is 16.1. The number of fused-ring (bicyclic) bond motifs is 8. The van der Waals surface area contributed by atoms with Crippen LogP contribution in [0.25, 0.3) is 133 Å². The number of imidazole rings is 2. The molecule has 6 nitrogen and oxygen atoms in total. The van der Waals surface area contributed by atoms with Crippen LogP contribution in [0.15, 0.2) is 243 Å². The summed E-state index contributed by atoms with van der Waals surface area (Å²) in [5.41, 5.74) is 12.2. The van der Waals surface area contributed by atoms with Gasteiger partial charge >= 0.3 is 0 Å². The molecule has 3 heterocycles. The Kier molecular flexibility index (Phi) is 9.10. The fourth-order valence-electron chi connectivity index (χ4n) is 10.5. The van der Waals surface area contributed by atoms with Gasteiger partial charge in [-0.15, -0.1) is 0 Å². The lowest BCUT2D eigenvalue weighted by Crippen LogP contribution is -2.02. The summed E-state index contributed by atoms with van der Waals surface area (Å²) in [6.07, 6.45) is 0. The summed E-state index contributed by atoms with van der Waals surface area (Å²) in [6, 6.07) is 85.6. The molecule has 3 aromatic heterocycles. The molecule has 0 bridgehead atoms.